The highest BCUT2D eigenvalue weighted by molar-refractivity contribution is 5.25. The molecule has 0 saturated carbocycles. The lowest BCUT2D eigenvalue weighted by molar-refractivity contribution is -0.398. The molecule has 10 heteroatoms. The molecular weight excluding hydrogens is 379 g/mol. The van der Waals surface area contributed by atoms with E-state index in [1.807, 2.05) is 6.92 Å². The fraction of sp³-hybridized carbons (Fsp3) is 0.625. The van der Waals surface area contributed by atoms with E-state index in [2.05, 4.69) is 0 Å². The number of halogens is 9. The number of aliphatic hydroxyl groups excluding tert-OH is 1. The van der Waals surface area contributed by atoms with Gasteiger partial charge in [-0.1, -0.05) is 37.6 Å². The number of unbranched alkanes of at least 4 members (excludes halogenated alkanes) is 1. The molecule has 1 aromatic carbocycles. The van der Waals surface area contributed by atoms with Crippen LogP contribution in [0.25, 0.3) is 0 Å². The fourth-order valence-corrected chi connectivity index (χ4v) is 2.23. The monoisotopic (exact) mass is 396 g/mol. The highest BCUT2D eigenvalue weighted by Gasteiger charge is 2.81. The first-order valence-electron chi connectivity index (χ1n) is 7.64. The van der Waals surface area contributed by atoms with Gasteiger partial charge in [-0.2, -0.15) is 39.5 Å². The van der Waals surface area contributed by atoms with Crippen molar-refractivity contribution in [2.24, 2.45) is 0 Å². The van der Waals surface area contributed by atoms with E-state index >= 15 is 0 Å². The van der Waals surface area contributed by atoms with Crippen LogP contribution in [0.15, 0.2) is 24.3 Å². The van der Waals surface area contributed by atoms with E-state index in [4.69, 9.17) is 0 Å². The van der Waals surface area contributed by atoms with E-state index in [9.17, 15) is 44.6 Å². The number of hydrogen-bond donors (Lipinski definition) is 1. The maximum Gasteiger partial charge on any atom is 0.460 e. The van der Waals surface area contributed by atoms with Crippen LogP contribution in [0.2, 0.25) is 0 Å². The summed E-state index contributed by atoms with van der Waals surface area (Å²) in [6, 6.07) is 5.23. The molecule has 0 fully saturated rings. The Morgan fingerprint density at radius 1 is 0.923 bits per heavy atom. The van der Waals surface area contributed by atoms with Gasteiger partial charge in [-0.25, -0.2) is 0 Å². The summed E-state index contributed by atoms with van der Waals surface area (Å²) in [4.78, 5) is 0. The molecule has 0 saturated heterocycles. The van der Waals surface area contributed by atoms with Crippen LogP contribution in [0.5, 0.6) is 0 Å². The van der Waals surface area contributed by atoms with Gasteiger partial charge in [-0.3, -0.25) is 0 Å². The van der Waals surface area contributed by atoms with Crippen molar-refractivity contribution in [2.75, 3.05) is 0 Å². The average molecular weight is 396 g/mol. The summed E-state index contributed by atoms with van der Waals surface area (Å²) in [6.45, 7) is 1.88. The summed E-state index contributed by atoms with van der Waals surface area (Å²) in [5.41, 5.74) is 0.309. The van der Waals surface area contributed by atoms with E-state index < -0.39 is 36.5 Å². The van der Waals surface area contributed by atoms with Crippen LogP contribution in [0.4, 0.5) is 39.5 Å². The van der Waals surface area contributed by atoms with E-state index in [1.54, 1.807) is 6.07 Å². The lowest BCUT2D eigenvalue weighted by Gasteiger charge is -2.34. The number of alkyl halides is 9. The molecule has 26 heavy (non-hydrogen) atoms. The molecule has 1 unspecified atom stereocenters. The zero-order valence-electron chi connectivity index (χ0n) is 13.6. The molecule has 1 rings (SSSR count). The van der Waals surface area contributed by atoms with Crippen LogP contribution < -0.4 is 0 Å². The Morgan fingerprint density at radius 2 is 1.50 bits per heavy atom. The zero-order chi connectivity index (χ0) is 20.4. The highest BCUT2D eigenvalue weighted by Crippen LogP contribution is 2.55. The van der Waals surface area contributed by atoms with Crippen molar-refractivity contribution in [1.29, 1.82) is 0 Å². The Kier molecular flexibility index (Phi) is 6.65. The van der Waals surface area contributed by atoms with Gasteiger partial charge in [0.15, 0.2) is 0 Å². The number of hydrogen-bond acceptors (Lipinski definition) is 1. The van der Waals surface area contributed by atoms with Crippen molar-refractivity contribution in [1.82, 2.24) is 0 Å². The van der Waals surface area contributed by atoms with Gasteiger partial charge in [0.2, 0.25) is 0 Å². The molecule has 0 heterocycles. The van der Waals surface area contributed by atoms with Gasteiger partial charge in [0.05, 0.1) is 6.10 Å². The third-order valence-corrected chi connectivity index (χ3v) is 3.81. The molecule has 0 aliphatic heterocycles. The van der Waals surface area contributed by atoms with E-state index in [0.717, 1.165) is 12.5 Å². The molecule has 0 amide bonds. The maximum atomic E-state index is 13.6. The smallest absolute Gasteiger partial charge is 0.388 e. The SMILES string of the molecule is CCCCc1cccc(C(O)CC(F)(F)C(F)(F)C(F)(F)C(F)(F)F)c1. The molecule has 0 aromatic heterocycles. The summed E-state index contributed by atoms with van der Waals surface area (Å²) in [5.74, 6) is -19.5. The molecule has 0 aliphatic rings. The number of rotatable bonds is 8. The summed E-state index contributed by atoms with van der Waals surface area (Å²) in [7, 11) is 0. The number of aliphatic hydroxyl groups is 1. The second-order valence-electron chi connectivity index (χ2n) is 5.92. The minimum absolute atomic E-state index is 0.274. The molecule has 1 atom stereocenters. The first-order chi connectivity index (χ1) is 11.7. The van der Waals surface area contributed by atoms with Crippen LogP contribution in [-0.4, -0.2) is 29.1 Å². The normalized spacial score (nSPS) is 15.2. The molecule has 0 radical (unpaired) electrons. The predicted octanol–water partition coefficient (Wildman–Crippen LogP) is 5.92. The molecule has 0 bridgehead atoms. The van der Waals surface area contributed by atoms with Gasteiger partial charge < -0.3 is 5.11 Å². The first-order valence-corrected chi connectivity index (χ1v) is 7.64. The van der Waals surface area contributed by atoms with Crippen LogP contribution >= 0.6 is 0 Å². The minimum atomic E-state index is -6.95. The fourth-order valence-electron chi connectivity index (χ4n) is 2.23. The lowest BCUT2D eigenvalue weighted by Crippen LogP contribution is -2.61. The second kappa shape index (κ2) is 7.66. The Balaban J connectivity index is 3.05. The average Bonchev–Trinajstić information content (AvgIpc) is 2.51. The Labute approximate surface area is 143 Å². The van der Waals surface area contributed by atoms with E-state index in [-0.39, 0.29) is 5.56 Å². The van der Waals surface area contributed by atoms with E-state index in [1.165, 1.54) is 12.1 Å². The number of benzene rings is 1. The molecule has 0 aliphatic carbocycles. The Bertz CT molecular complexity index is 596. The second-order valence-corrected chi connectivity index (χ2v) is 5.92. The molecule has 0 spiro atoms. The summed E-state index contributed by atoms with van der Waals surface area (Å²) >= 11 is 0. The Hall–Kier alpha value is -1.45. The standard InChI is InChI=1S/C16H17F9O/c1-2-3-5-10-6-4-7-11(8-10)12(26)9-13(17,18)14(19,20)15(21,22)16(23,24)25/h4,6-8,12,26H,2-3,5,9H2,1H3. The van der Waals surface area contributed by atoms with Crippen LogP contribution in [-0.2, 0) is 6.42 Å². The summed E-state index contributed by atoms with van der Waals surface area (Å²) in [6.07, 6.45) is -9.50. The van der Waals surface area contributed by atoms with Gasteiger partial charge in [0, 0.05) is 6.42 Å². The largest absolute Gasteiger partial charge is 0.460 e. The van der Waals surface area contributed by atoms with Crippen molar-refractivity contribution in [2.45, 2.75) is 62.7 Å². The number of aryl methyl sites for hydroxylation is 1. The van der Waals surface area contributed by atoms with Crippen molar-refractivity contribution in [3.05, 3.63) is 35.4 Å². The summed E-state index contributed by atoms with van der Waals surface area (Å²) in [5, 5.41) is 9.70. The molecule has 150 valence electrons. The zero-order valence-corrected chi connectivity index (χ0v) is 13.6. The quantitative estimate of drug-likeness (QED) is 0.541. The lowest BCUT2D eigenvalue weighted by atomic mass is 9.94. The van der Waals surface area contributed by atoms with Gasteiger partial charge >= 0.3 is 23.9 Å². The van der Waals surface area contributed by atoms with Crippen molar-refractivity contribution in [3.8, 4) is 0 Å². The van der Waals surface area contributed by atoms with Gasteiger partial charge in [-0.15, -0.1) is 0 Å². The molecule has 1 N–H and O–H groups in total. The van der Waals surface area contributed by atoms with Crippen LogP contribution in [0.1, 0.15) is 43.4 Å². The van der Waals surface area contributed by atoms with Crippen molar-refractivity contribution in [3.63, 3.8) is 0 Å². The van der Waals surface area contributed by atoms with Crippen LogP contribution in [0, 0.1) is 0 Å². The van der Waals surface area contributed by atoms with Gasteiger partial charge in [-0.05, 0) is 24.0 Å². The topological polar surface area (TPSA) is 20.2 Å². The first kappa shape index (κ1) is 22.6. The van der Waals surface area contributed by atoms with Crippen molar-refractivity contribution < 1.29 is 44.6 Å². The van der Waals surface area contributed by atoms with Crippen molar-refractivity contribution >= 4 is 0 Å². The maximum absolute atomic E-state index is 13.6. The van der Waals surface area contributed by atoms with E-state index in [0.29, 0.717) is 18.4 Å². The third kappa shape index (κ3) is 4.44. The molecule has 1 nitrogen and oxygen atoms in total. The van der Waals surface area contributed by atoms with Crippen LogP contribution in [0.3, 0.4) is 0 Å². The molecular formula is C16H17F9O. The predicted molar refractivity (Wildman–Crippen MR) is 75.5 cm³/mol. The minimum Gasteiger partial charge on any atom is -0.388 e. The summed E-state index contributed by atoms with van der Waals surface area (Å²) < 4.78 is 116. The van der Waals surface area contributed by atoms with Gasteiger partial charge in [0.25, 0.3) is 0 Å². The molecule has 1 aromatic rings. The third-order valence-electron chi connectivity index (χ3n) is 3.81. The Morgan fingerprint density at radius 3 is 2.00 bits per heavy atom. The highest BCUT2D eigenvalue weighted by atomic mass is 19.4. The van der Waals surface area contributed by atoms with Gasteiger partial charge in [0.1, 0.15) is 0 Å².